The molecule has 2 heterocycles. The second-order valence-corrected chi connectivity index (χ2v) is 4.82. The molecule has 0 saturated carbocycles. The smallest absolute Gasteiger partial charge is 0.0824 e. The molecule has 1 unspecified atom stereocenters. The molecule has 96 valence electrons. The number of aromatic nitrogens is 1. The molecule has 3 N–H and O–H groups in total. The molecule has 3 rings (SSSR count). The van der Waals surface area contributed by atoms with Crippen molar-refractivity contribution in [3.05, 3.63) is 36.0 Å². The lowest BCUT2D eigenvalue weighted by molar-refractivity contribution is -0.0259. The Balaban J connectivity index is 1.76. The zero-order valence-electron chi connectivity index (χ0n) is 10.4. The Bertz CT molecular complexity index is 522. The molecule has 0 spiro atoms. The number of rotatable bonds is 3. The van der Waals surface area contributed by atoms with E-state index in [1.54, 1.807) is 0 Å². The lowest BCUT2D eigenvalue weighted by Crippen LogP contribution is -2.45. The molecule has 0 radical (unpaired) electrons. The van der Waals surface area contributed by atoms with Crippen molar-refractivity contribution < 1.29 is 4.74 Å². The summed E-state index contributed by atoms with van der Waals surface area (Å²) < 4.78 is 5.59. The molecule has 1 aromatic heterocycles. The number of ether oxygens (including phenoxy) is 1. The predicted octanol–water partition coefficient (Wildman–Crippen LogP) is 1.33. The third-order valence-electron chi connectivity index (χ3n) is 3.55. The average molecular weight is 245 g/mol. The van der Waals surface area contributed by atoms with E-state index in [0.717, 1.165) is 26.2 Å². The van der Waals surface area contributed by atoms with Crippen LogP contribution >= 0.6 is 0 Å². The van der Waals surface area contributed by atoms with Crippen LogP contribution in [0.15, 0.2) is 30.5 Å². The van der Waals surface area contributed by atoms with Gasteiger partial charge in [0.1, 0.15) is 0 Å². The maximum Gasteiger partial charge on any atom is 0.0824 e. The van der Waals surface area contributed by atoms with Crippen LogP contribution in [0.25, 0.3) is 10.9 Å². The highest BCUT2D eigenvalue weighted by molar-refractivity contribution is 5.82. The van der Waals surface area contributed by atoms with E-state index < -0.39 is 0 Å². The van der Waals surface area contributed by atoms with Crippen molar-refractivity contribution in [1.29, 1.82) is 0 Å². The number of benzene rings is 1. The van der Waals surface area contributed by atoms with E-state index in [4.69, 9.17) is 10.5 Å². The van der Waals surface area contributed by atoms with Gasteiger partial charge in [0.15, 0.2) is 0 Å². The molecule has 4 nitrogen and oxygen atoms in total. The van der Waals surface area contributed by atoms with Gasteiger partial charge in [0, 0.05) is 43.3 Å². The van der Waals surface area contributed by atoms with Crippen LogP contribution in [0.3, 0.4) is 0 Å². The first-order chi connectivity index (χ1) is 8.86. The highest BCUT2D eigenvalue weighted by Crippen LogP contribution is 2.20. The molecule has 2 aromatic rings. The van der Waals surface area contributed by atoms with Gasteiger partial charge in [-0.3, -0.25) is 4.90 Å². The Hall–Kier alpha value is -1.36. The van der Waals surface area contributed by atoms with Crippen LogP contribution in [0.2, 0.25) is 0 Å². The van der Waals surface area contributed by atoms with Crippen LogP contribution in [0.1, 0.15) is 5.56 Å². The number of para-hydroxylation sites is 1. The molecular formula is C14H19N3O. The van der Waals surface area contributed by atoms with Crippen molar-refractivity contribution in [2.24, 2.45) is 5.73 Å². The van der Waals surface area contributed by atoms with Crippen molar-refractivity contribution in [3.63, 3.8) is 0 Å². The van der Waals surface area contributed by atoms with E-state index in [1.165, 1.54) is 16.5 Å². The van der Waals surface area contributed by atoms with E-state index in [2.05, 4.69) is 40.3 Å². The third-order valence-corrected chi connectivity index (χ3v) is 3.55. The van der Waals surface area contributed by atoms with E-state index >= 15 is 0 Å². The SMILES string of the molecule is NCC1CN(Cc2c[nH]c3ccccc23)CCO1. The monoisotopic (exact) mass is 245 g/mol. The van der Waals surface area contributed by atoms with Crippen LogP contribution in [-0.4, -0.2) is 42.2 Å². The fourth-order valence-corrected chi connectivity index (χ4v) is 2.57. The molecule has 1 atom stereocenters. The van der Waals surface area contributed by atoms with Gasteiger partial charge in [-0.25, -0.2) is 0 Å². The largest absolute Gasteiger partial charge is 0.374 e. The molecule has 1 fully saturated rings. The lowest BCUT2D eigenvalue weighted by atomic mass is 10.1. The zero-order valence-corrected chi connectivity index (χ0v) is 10.4. The summed E-state index contributed by atoms with van der Waals surface area (Å²) in [6, 6.07) is 8.42. The summed E-state index contributed by atoms with van der Waals surface area (Å²) in [5.74, 6) is 0. The number of nitrogens with two attached hydrogens (primary N) is 1. The minimum Gasteiger partial charge on any atom is -0.374 e. The fraction of sp³-hybridized carbons (Fsp3) is 0.429. The van der Waals surface area contributed by atoms with Crippen molar-refractivity contribution in [2.75, 3.05) is 26.2 Å². The van der Waals surface area contributed by atoms with Gasteiger partial charge in [-0.15, -0.1) is 0 Å². The Morgan fingerprint density at radius 1 is 1.39 bits per heavy atom. The number of morpholine rings is 1. The molecule has 1 aromatic carbocycles. The first-order valence-corrected chi connectivity index (χ1v) is 6.46. The van der Waals surface area contributed by atoms with Crippen molar-refractivity contribution in [2.45, 2.75) is 12.6 Å². The van der Waals surface area contributed by atoms with Gasteiger partial charge in [0.25, 0.3) is 0 Å². The van der Waals surface area contributed by atoms with E-state index in [1.807, 2.05) is 0 Å². The normalized spacial score (nSPS) is 21.5. The number of H-pyrrole nitrogens is 1. The Kier molecular flexibility index (Phi) is 3.32. The molecule has 1 saturated heterocycles. The van der Waals surface area contributed by atoms with Gasteiger partial charge in [0.2, 0.25) is 0 Å². The van der Waals surface area contributed by atoms with Gasteiger partial charge in [0.05, 0.1) is 12.7 Å². The van der Waals surface area contributed by atoms with E-state index in [9.17, 15) is 0 Å². The molecule has 1 aliphatic heterocycles. The fourth-order valence-electron chi connectivity index (χ4n) is 2.57. The van der Waals surface area contributed by atoms with Crippen LogP contribution in [0.5, 0.6) is 0 Å². The molecule has 4 heteroatoms. The summed E-state index contributed by atoms with van der Waals surface area (Å²) in [5.41, 5.74) is 8.23. The second kappa shape index (κ2) is 5.10. The number of nitrogens with one attached hydrogen (secondary N) is 1. The average Bonchev–Trinajstić information content (AvgIpc) is 2.83. The summed E-state index contributed by atoms with van der Waals surface area (Å²) in [5, 5.41) is 1.31. The van der Waals surface area contributed by atoms with Gasteiger partial charge in [-0.05, 0) is 11.6 Å². The van der Waals surface area contributed by atoms with Crippen molar-refractivity contribution >= 4 is 10.9 Å². The van der Waals surface area contributed by atoms with E-state index in [-0.39, 0.29) is 6.10 Å². The Labute approximate surface area is 107 Å². The molecular weight excluding hydrogens is 226 g/mol. The Morgan fingerprint density at radius 2 is 2.28 bits per heavy atom. The first-order valence-electron chi connectivity index (χ1n) is 6.46. The number of hydrogen-bond donors (Lipinski definition) is 2. The minimum absolute atomic E-state index is 0.184. The number of aromatic amines is 1. The van der Waals surface area contributed by atoms with Gasteiger partial charge >= 0.3 is 0 Å². The summed E-state index contributed by atoms with van der Waals surface area (Å²) in [6.07, 6.45) is 2.29. The molecule has 1 aliphatic rings. The zero-order chi connectivity index (χ0) is 12.4. The number of hydrogen-bond acceptors (Lipinski definition) is 3. The number of fused-ring (bicyclic) bond motifs is 1. The van der Waals surface area contributed by atoms with Gasteiger partial charge < -0.3 is 15.5 Å². The third kappa shape index (κ3) is 2.27. The second-order valence-electron chi connectivity index (χ2n) is 4.82. The summed E-state index contributed by atoms with van der Waals surface area (Å²) >= 11 is 0. The first kappa shape index (κ1) is 11.7. The minimum atomic E-state index is 0.184. The molecule has 0 bridgehead atoms. The topological polar surface area (TPSA) is 54.3 Å². The standard InChI is InChI=1S/C14H19N3O/c15-7-12-10-17(5-6-18-12)9-11-8-16-14-4-2-1-3-13(11)14/h1-4,8,12,16H,5-7,9-10,15H2. The number of nitrogens with zero attached hydrogens (tertiary/aromatic N) is 1. The summed E-state index contributed by atoms with van der Waals surface area (Å²) in [7, 11) is 0. The summed E-state index contributed by atoms with van der Waals surface area (Å²) in [4.78, 5) is 5.73. The van der Waals surface area contributed by atoms with Crippen LogP contribution < -0.4 is 5.73 Å². The van der Waals surface area contributed by atoms with Crippen LogP contribution in [0, 0.1) is 0 Å². The van der Waals surface area contributed by atoms with E-state index in [0.29, 0.717) is 6.54 Å². The van der Waals surface area contributed by atoms with Crippen molar-refractivity contribution in [3.8, 4) is 0 Å². The van der Waals surface area contributed by atoms with Crippen molar-refractivity contribution in [1.82, 2.24) is 9.88 Å². The summed E-state index contributed by atoms with van der Waals surface area (Å²) in [6.45, 7) is 4.25. The Morgan fingerprint density at radius 3 is 3.17 bits per heavy atom. The predicted molar refractivity (Wildman–Crippen MR) is 72.4 cm³/mol. The quantitative estimate of drug-likeness (QED) is 0.857. The molecule has 18 heavy (non-hydrogen) atoms. The lowest BCUT2D eigenvalue weighted by Gasteiger charge is -2.32. The molecule has 0 aliphatic carbocycles. The van der Waals surface area contributed by atoms with Crippen LogP contribution in [0.4, 0.5) is 0 Å². The highest BCUT2D eigenvalue weighted by atomic mass is 16.5. The highest BCUT2D eigenvalue weighted by Gasteiger charge is 2.19. The van der Waals surface area contributed by atoms with Gasteiger partial charge in [-0.2, -0.15) is 0 Å². The van der Waals surface area contributed by atoms with Gasteiger partial charge in [-0.1, -0.05) is 18.2 Å². The van der Waals surface area contributed by atoms with Crippen LogP contribution in [-0.2, 0) is 11.3 Å². The molecule has 0 amide bonds. The maximum absolute atomic E-state index is 5.67. The maximum atomic E-state index is 5.67.